The standard InChI is InChI=1S/C28H30ClFN2O4S/c1-19-16-22(8-9-24(19)29)36-18-25-23-11-15-37-26(23)10-13-32(25)27(33)17-31(12-3-14-35-2)28(34)20-4-6-21(30)7-5-20/h4-9,11,15-16,25H,3,10,12-14,17-18H2,1-2H3/t25-/m0/s1. The second-order valence-electron chi connectivity index (χ2n) is 8.95. The summed E-state index contributed by atoms with van der Waals surface area (Å²) in [4.78, 5) is 31.4. The fourth-order valence-electron chi connectivity index (χ4n) is 4.44. The van der Waals surface area contributed by atoms with Gasteiger partial charge < -0.3 is 19.3 Å². The average Bonchev–Trinajstić information content (AvgIpc) is 3.38. The highest BCUT2D eigenvalue weighted by atomic mass is 35.5. The minimum Gasteiger partial charge on any atom is -0.491 e. The van der Waals surface area contributed by atoms with Crippen LogP contribution in [0.5, 0.6) is 5.75 Å². The predicted molar refractivity (Wildman–Crippen MR) is 143 cm³/mol. The Morgan fingerprint density at radius 1 is 1.19 bits per heavy atom. The lowest BCUT2D eigenvalue weighted by Gasteiger charge is -2.37. The number of ether oxygens (including phenoxy) is 2. The minimum atomic E-state index is -0.419. The smallest absolute Gasteiger partial charge is 0.254 e. The summed E-state index contributed by atoms with van der Waals surface area (Å²) >= 11 is 7.83. The fraction of sp³-hybridized carbons (Fsp3) is 0.357. The summed E-state index contributed by atoms with van der Waals surface area (Å²) in [7, 11) is 1.59. The molecule has 4 rings (SSSR count). The fourth-order valence-corrected chi connectivity index (χ4v) is 5.48. The SMILES string of the molecule is COCCCN(CC(=O)N1CCc2sccc2[C@@H]1COc1ccc(Cl)c(C)c1)C(=O)c1ccc(F)cc1. The molecule has 9 heteroatoms. The molecule has 0 N–H and O–H groups in total. The van der Waals surface area contributed by atoms with Crippen LogP contribution in [0.2, 0.25) is 5.02 Å². The van der Waals surface area contributed by atoms with Crippen LogP contribution in [0.3, 0.4) is 0 Å². The summed E-state index contributed by atoms with van der Waals surface area (Å²) in [6.07, 6.45) is 1.33. The van der Waals surface area contributed by atoms with E-state index in [1.807, 2.05) is 30.5 Å². The minimum absolute atomic E-state index is 0.0874. The van der Waals surface area contributed by atoms with Gasteiger partial charge in [0.15, 0.2) is 0 Å². The number of carbonyl (C=O) groups excluding carboxylic acids is 2. The van der Waals surface area contributed by atoms with Gasteiger partial charge in [0.25, 0.3) is 5.91 Å². The highest BCUT2D eigenvalue weighted by Crippen LogP contribution is 2.34. The van der Waals surface area contributed by atoms with E-state index in [1.54, 1.807) is 29.4 Å². The zero-order valence-electron chi connectivity index (χ0n) is 20.9. The van der Waals surface area contributed by atoms with E-state index in [-0.39, 0.29) is 31.0 Å². The van der Waals surface area contributed by atoms with Crippen LogP contribution in [0, 0.1) is 12.7 Å². The van der Waals surface area contributed by atoms with Crippen molar-refractivity contribution < 1.29 is 23.5 Å². The zero-order chi connectivity index (χ0) is 26.4. The van der Waals surface area contributed by atoms with E-state index in [1.165, 1.54) is 34.0 Å². The van der Waals surface area contributed by atoms with Gasteiger partial charge in [0.05, 0.1) is 6.04 Å². The molecular weight excluding hydrogens is 515 g/mol. The number of methoxy groups -OCH3 is 1. The van der Waals surface area contributed by atoms with Crippen LogP contribution in [0.4, 0.5) is 4.39 Å². The molecule has 0 unspecified atom stereocenters. The molecule has 2 heterocycles. The molecule has 2 amide bonds. The largest absolute Gasteiger partial charge is 0.491 e. The first-order valence-corrected chi connectivity index (χ1v) is 13.4. The van der Waals surface area contributed by atoms with E-state index in [0.29, 0.717) is 42.5 Å². The van der Waals surface area contributed by atoms with E-state index < -0.39 is 5.82 Å². The monoisotopic (exact) mass is 544 g/mol. The van der Waals surface area contributed by atoms with E-state index in [4.69, 9.17) is 21.1 Å². The zero-order valence-corrected chi connectivity index (χ0v) is 22.5. The van der Waals surface area contributed by atoms with Gasteiger partial charge in [-0.25, -0.2) is 4.39 Å². The molecule has 3 aromatic rings. The van der Waals surface area contributed by atoms with E-state index in [2.05, 4.69) is 0 Å². The first-order chi connectivity index (χ1) is 17.9. The molecule has 2 aromatic carbocycles. The number of nitrogens with zero attached hydrogens (tertiary/aromatic N) is 2. The number of hydrogen-bond acceptors (Lipinski definition) is 5. The van der Waals surface area contributed by atoms with Crippen LogP contribution >= 0.6 is 22.9 Å². The molecule has 0 fully saturated rings. The molecule has 0 spiro atoms. The number of fused-ring (bicyclic) bond motifs is 1. The lowest BCUT2D eigenvalue weighted by Crippen LogP contribution is -2.48. The van der Waals surface area contributed by atoms with Crippen molar-refractivity contribution in [3.63, 3.8) is 0 Å². The molecule has 1 aliphatic heterocycles. The van der Waals surface area contributed by atoms with E-state index >= 15 is 0 Å². The van der Waals surface area contributed by atoms with Gasteiger partial charge in [0, 0.05) is 42.3 Å². The molecule has 0 saturated heterocycles. The summed E-state index contributed by atoms with van der Waals surface area (Å²) in [5, 5.41) is 2.70. The number of carbonyl (C=O) groups is 2. The normalized spacial score (nSPS) is 14.8. The van der Waals surface area contributed by atoms with Gasteiger partial charge >= 0.3 is 0 Å². The first kappa shape index (κ1) is 27.1. The molecule has 0 radical (unpaired) electrons. The number of amides is 2. The molecule has 1 atom stereocenters. The van der Waals surface area contributed by atoms with Crippen molar-refractivity contribution in [2.45, 2.75) is 25.8 Å². The molecule has 0 bridgehead atoms. The van der Waals surface area contributed by atoms with E-state index in [0.717, 1.165) is 17.5 Å². The highest BCUT2D eigenvalue weighted by molar-refractivity contribution is 7.10. The molecule has 6 nitrogen and oxygen atoms in total. The van der Waals surface area contributed by atoms with Crippen LogP contribution in [-0.2, 0) is 16.0 Å². The van der Waals surface area contributed by atoms with Gasteiger partial charge in [0.2, 0.25) is 5.91 Å². The van der Waals surface area contributed by atoms with Crippen molar-refractivity contribution in [1.29, 1.82) is 0 Å². The average molecular weight is 545 g/mol. The second-order valence-corrected chi connectivity index (χ2v) is 10.4. The van der Waals surface area contributed by atoms with Gasteiger partial charge in [0.1, 0.15) is 24.7 Å². The van der Waals surface area contributed by atoms with Crippen LogP contribution in [-0.4, -0.2) is 61.6 Å². The predicted octanol–water partition coefficient (Wildman–Crippen LogP) is 5.53. The number of hydrogen-bond donors (Lipinski definition) is 0. The van der Waals surface area contributed by atoms with E-state index in [9.17, 15) is 14.0 Å². The Hall–Kier alpha value is -2.94. The van der Waals surface area contributed by atoms with Crippen LogP contribution in [0.25, 0.3) is 0 Å². The number of rotatable bonds is 10. The summed E-state index contributed by atoms with van der Waals surface area (Å²) in [5.41, 5.74) is 2.33. The second kappa shape index (κ2) is 12.5. The van der Waals surface area contributed by atoms with Crippen LogP contribution in [0.15, 0.2) is 53.9 Å². The Morgan fingerprint density at radius 3 is 2.70 bits per heavy atom. The quantitative estimate of drug-likeness (QED) is 0.315. The molecule has 1 aliphatic rings. The van der Waals surface area contributed by atoms with Crippen molar-refractivity contribution in [2.75, 3.05) is 40.0 Å². The summed E-state index contributed by atoms with van der Waals surface area (Å²) in [5.74, 6) is -0.214. The highest BCUT2D eigenvalue weighted by Gasteiger charge is 2.33. The molecule has 37 heavy (non-hydrogen) atoms. The summed E-state index contributed by atoms with van der Waals surface area (Å²) < 4.78 is 24.7. The van der Waals surface area contributed by atoms with Gasteiger partial charge in [-0.05, 0) is 84.8 Å². The Morgan fingerprint density at radius 2 is 1.97 bits per heavy atom. The number of aryl methyl sites for hydroxylation is 1. The molecule has 0 aliphatic carbocycles. The Labute approximate surface area is 225 Å². The molecule has 1 aromatic heterocycles. The Bertz CT molecular complexity index is 1230. The number of benzene rings is 2. The third-order valence-corrected chi connectivity index (χ3v) is 7.85. The maximum atomic E-state index is 13.7. The van der Waals surface area contributed by atoms with Crippen molar-refractivity contribution >= 4 is 34.8 Å². The first-order valence-electron chi connectivity index (χ1n) is 12.2. The van der Waals surface area contributed by atoms with Crippen LogP contribution in [0.1, 0.15) is 38.8 Å². The maximum absolute atomic E-state index is 13.7. The third-order valence-electron chi connectivity index (χ3n) is 6.43. The lowest BCUT2D eigenvalue weighted by atomic mass is 10.00. The van der Waals surface area contributed by atoms with Crippen molar-refractivity contribution in [3.8, 4) is 5.75 Å². The maximum Gasteiger partial charge on any atom is 0.254 e. The third kappa shape index (κ3) is 6.69. The van der Waals surface area contributed by atoms with Crippen molar-refractivity contribution in [1.82, 2.24) is 9.80 Å². The topological polar surface area (TPSA) is 59.1 Å². The van der Waals surface area contributed by atoms with Gasteiger partial charge in [-0.15, -0.1) is 11.3 Å². The summed E-state index contributed by atoms with van der Waals surface area (Å²) in [6.45, 7) is 3.45. The van der Waals surface area contributed by atoms with Gasteiger partial charge in [-0.2, -0.15) is 0 Å². The molecular formula is C28H30ClFN2O4S. The van der Waals surface area contributed by atoms with Gasteiger partial charge in [-0.3, -0.25) is 9.59 Å². The summed E-state index contributed by atoms with van der Waals surface area (Å²) in [6, 6.07) is 12.6. The molecule has 196 valence electrons. The van der Waals surface area contributed by atoms with Crippen LogP contribution < -0.4 is 4.74 Å². The van der Waals surface area contributed by atoms with Crippen molar-refractivity contribution in [2.24, 2.45) is 0 Å². The number of thiophene rings is 1. The number of halogens is 2. The van der Waals surface area contributed by atoms with Gasteiger partial charge in [-0.1, -0.05) is 11.6 Å². The Balaban J connectivity index is 1.52. The lowest BCUT2D eigenvalue weighted by molar-refractivity contribution is -0.135. The Kier molecular flexibility index (Phi) is 9.18. The van der Waals surface area contributed by atoms with Crippen molar-refractivity contribution in [3.05, 3.63) is 86.3 Å². The molecule has 0 saturated carbocycles.